The Bertz CT molecular complexity index is 1050. The molecule has 1 heterocycles. The summed E-state index contributed by atoms with van der Waals surface area (Å²) in [5.41, 5.74) is 2.40. The van der Waals surface area contributed by atoms with Crippen LogP contribution in [-0.2, 0) is 14.3 Å². The predicted molar refractivity (Wildman–Crippen MR) is 135 cm³/mol. The lowest BCUT2D eigenvalue weighted by molar-refractivity contribution is -0.158. The van der Waals surface area contributed by atoms with E-state index >= 15 is 0 Å². The standard InChI is InChI=1S/C31H40O4/c1-29-16-13-22(34-28(33)20-7-5-4-6-8-20)19-21(29)9-10-23-24-11-12-26(30(24,2)17-14-25(23)29)31(3)18-15-27(32)35-31/h4-9,22-26H,10-19H2,1-3H3/t22-,23+,24+,25+,26+,29+,30+,31-/m1/s1. The van der Waals surface area contributed by atoms with Crippen LogP contribution in [0.15, 0.2) is 42.0 Å². The molecule has 1 aromatic carbocycles. The van der Waals surface area contributed by atoms with Crippen molar-refractivity contribution in [3.8, 4) is 0 Å². The number of cyclic esters (lactones) is 1. The average Bonchev–Trinajstić information content (AvgIpc) is 3.39. The summed E-state index contributed by atoms with van der Waals surface area (Å²) in [6, 6.07) is 9.37. The number of benzene rings is 1. The summed E-state index contributed by atoms with van der Waals surface area (Å²) in [7, 11) is 0. The van der Waals surface area contributed by atoms with Crippen LogP contribution in [-0.4, -0.2) is 23.6 Å². The van der Waals surface area contributed by atoms with Crippen molar-refractivity contribution < 1.29 is 19.1 Å². The zero-order valence-corrected chi connectivity index (χ0v) is 21.6. The summed E-state index contributed by atoms with van der Waals surface area (Å²) in [6.07, 6.45) is 13.0. The number of carbonyl (C=O) groups is 2. The van der Waals surface area contributed by atoms with Gasteiger partial charge in [0.25, 0.3) is 0 Å². The van der Waals surface area contributed by atoms with E-state index in [1.165, 1.54) is 31.3 Å². The highest BCUT2D eigenvalue weighted by molar-refractivity contribution is 5.89. The van der Waals surface area contributed by atoms with Gasteiger partial charge in [0.05, 0.1) is 5.56 Å². The maximum Gasteiger partial charge on any atom is 0.338 e. The molecule has 1 aromatic rings. The summed E-state index contributed by atoms with van der Waals surface area (Å²) >= 11 is 0. The summed E-state index contributed by atoms with van der Waals surface area (Å²) in [5.74, 6) is 2.43. The molecule has 0 unspecified atom stereocenters. The van der Waals surface area contributed by atoms with Crippen LogP contribution in [0.2, 0.25) is 0 Å². The fourth-order valence-corrected chi connectivity index (χ4v) is 9.48. The van der Waals surface area contributed by atoms with Crippen molar-refractivity contribution in [2.45, 2.75) is 96.7 Å². The number of ether oxygens (including phenoxy) is 2. The number of esters is 2. The molecule has 4 heteroatoms. The maximum atomic E-state index is 12.7. The van der Waals surface area contributed by atoms with Crippen molar-refractivity contribution >= 4 is 11.9 Å². The molecule has 188 valence electrons. The van der Waals surface area contributed by atoms with Crippen molar-refractivity contribution in [2.75, 3.05) is 0 Å². The van der Waals surface area contributed by atoms with Gasteiger partial charge in [0.1, 0.15) is 11.7 Å². The number of carbonyl (C=O) groups excluding carboxylic acids is 2. The average molecular weight is 477 g/mol. The summed E-state index contributed by atoms with van der Waals surface area (Å²) in [6.45, 7) is 7.23. The van der Waals surface area contributed by atoms with Crippen LogP contribution in [0.3, 0.4) is 0 Å². The molecule has 8 atom stereocenters. The zero-order valence-electron chi connectivity index (χ0n) is 21.6. The van der Waals surface area contributed by atoms with Gasteiger partial charge in [-0.1, -0.05) is 43.7 Å². The molecule has 0 radical (unpaired) electrons. The molecule has 4 nitrogen and oxygen atoms in total. The third-order valence-electron chi connectivity index (χ3n) is 11.3. The maximum absolute atomic E-state index is 12.7. The minimum Gasteiger partial charge on any atom is -0.459 e. The van der Waals surface area contributed by atoms with Crippen LogP contribution in [0.5, 0.6) is 0 Å². The normalized spacial score (nSPS) is 44.5. The molecule has 0 amide bonds. The molecule has 1 saturated heterocycles. The molecule has 0 aromatic heterocycles. The first-order valence-corrected chi connectivity index (χ1v) is 13.9. The first kappa shape index (κ1) is 23.3. The zero-order chi connectivity index (χ0) is 24.4. The smallest absolute Gasteiger partial charge is 0.338 e. The van der Waals surface area contributed by atoms with Crippen molar-refractivity contribution in [3.63, 3.8) is 0 Å². The van der Waals surface area contributed by atoms with Gasteiger partial charge in [-0.05, 0) is 99.0 Å². The largest absolute Gasteiger partial charge is 0.459 e. The highest BCUT2D eigenvalue weighted by Crippen LogP contribution is 2.68. The van der Waals surface area contributed by atoms with Gasteiger partial charge in [-0.25, -0.2) is 4.79 Å². The fourth-order valence-electron chi connectivity index (χ4n) is 9.48. The molecule has 5 aliphatic rings. The fraction of sp³-hybridized carbons (Fsp3) is 0.677. The lowest BCUT2D eigenvalue weighted by Crippen LogP contribution is -2.53. The van der Waals surface area contributed by atoms with E-state index in [2.05, 4.69) is 26.8 Å². The van der Waals surface area contributed by atoms with Crippen LogP contribution in [0.4, 0.5) is 0 Å². The first-order chi connectivity index (χ1) is 16.7. The van der Waals surface area contributed by atoms with E-state index in [1.54, 1.807) is 0 Å². The second kappa shape index (κ2) is 8.21. The number of fused-ring (bicyclic) bond motifs is 5. The van der Waals surface area contributed by atoms with E-state index in [0.717, 1.165) is 38.0 Å². The van der Waals surface area contributed by atoms with Gasteiger partial charge in [0.15, 0.2) is 0 Å². The van der Waals surface area contributed by atoms with Gasteiger partial charge >= 0.3 is 11.9 Å². The number of allylic oxidation sites excluding steroid dienone is 1. The number of hydrogen-bond donors (Lipinski definition) is 0. The summed E-state index contributed by atoms with van der Waals surface area (Å²) < 4.78 is 11.9. The third-order valence-corrected chi connectivity index (χ3v) is 11.3. The highest BCUT2D eigenvalue weighted by atomic mass is 16.6. The van der Waals surface area contributed by atoms with E-state index in [1.807, 2.05) is 30.3 Å². The number of rotatable bonds is 3. The molecular formula is C31H40O4. The topological polar surface area (TPSA) is 52.6 Å². The van der Waals surface area contributed by atoms with E-state index in [4.69, 9.17) is 9.47 Å². The predicted octanol–water partition coefficient (Wildman–Crippen LogP) is 6.89. The van der Waals surface area contributed by atoms with Gasteiger partial charge in [0, 0.05) is 18.8 Å². The van der Waals surface area contributed by atoms with E-state index in [-0.39, 0.29) is 34.5 Å². The summed E-state index contributed by atoms with van der Waals surface area (Å²) in [4.78, 5) is 24.7. The van der Waals surface area contributed by atoms with Crippen LogP contribution >= 0.6 is 0 Å². The molecular weight excluding hydrogens is 436 g/mol. The van der Waals surface area contributed by atoms with E-state index in [0.29, 0.717) is 29.7 Å². The molecule has 6 rings (SSSR count). The molecule has 4 fully saturated rings. The Kier molecular flexibility index (Phi) is 5.47. The van der Waals surface area contributed by atoms with Crippen molar-refractivity contribution in [1.82, 2.24) is 0 Å². The Balaban J connectivity index is 1.19. The molecule has 0 spiro atoms. The van der Waals surface area contributed by atoms with Gasteiger partial charge in [-0.2, -0.15) is 0 Å². The van der Waals surface area contributed by atoms with Gasteiger partial charge in [-0.3, -0.25) is 4.79 Å². The van der Waals surface area contributed by atoms with Gasteiger partial charge in [-0.15, -0.1) is 0 Å². The molecule has 0 N–H and O–H groups in total. The van der Waals surface area contributed by atoms with Crippen molar-refractivity contribution in [3.05, 3.63) is 47.5 Å². The van der Waals surface area contributed by atoms with Crippen LogP contribution in [0.25, 0.3) is 0 Å². The highest BCUT2D eigenvalue weighted by Gasteiger charge is 2.63. The summed E-state index contributed by atoms with van der Waals surface area (Å²) in [5, 5.41) is 0. The second-order valence-corrected chi connectivity index (χ2v) is 12.9. The quantitative estimate of drug-likeness (QED) is 0.352. The number of hydrogen-bond acceptors (Lipinski definition) is 4. The van der Waals surface area contributed by atoms with Crippen LogP contribution in [0, 0.1) is 34.5 Å². The molecule has 3 saturated carbocycles. The Morgan fingerprint density at radius 2 is 1.77 bits per heavy atom. The Hall–Kier alpha value is -2.10. The Morgan fingerprint density at radius 3 is 2.51 bits per heavy atom. The van der Waals surface area contributed by atoms with Gasteiger partial charge in [0.2, 0.25) is 0 Å². The Morgan fingerprint density at radius 1 is 0.971 bits per heavy atom. The van der Waals surface area contributed by atoms with Gasteiger partial charge < -0.3 is 9.47 Å². The Labute approximate surface area is 209 Å². The lowest BCUT2D eigenvalue weighted by Gasteiger charge is -2.59. The SMILES string of the molecule is C[C@]12CC[C@H]3[C@@H](CC=C4C[C@H](OC(=O)c5ccccc5)CC[C@@]43C)[C@@H]1CC[C@@H]2[C@@]1(C)CCC(=O)O1. The minimum absolute atomic E-state index is 0.00397. The van der Waals surface area contributed by atoms with E-state index < -0.39 is 0 Å². The van der Waals surface area contributed by atoms with Crippen LogP contribution in [0.1, 0.15) is 95.3 Å². The third kappa shape index (κ3) is 3.61. The first-order valence-electron chi connectivity index (χ1n) is 13.9. The van der Waals surface area contributed by atoms with Crippen molar-refractivity contribution in [2.24, 2.45) is 34.5 Å². The molecule has 1 aliphatic heterocycles. The second-order valence-electron chi connectivity index (χ2n) is 12.9. The van der Waals surface area contributed by atoms with E-state index in [9.17, 15) is 9.59 Å². The lowest BCUT2D eigenvalue weighted by atomic mass is 9.46. The molecule has 0 bridgehead atoms. The molecule has 4 aliphatic carbocycles. The van der Waals surface area contributed by atoms with Crippen molar-refractivity contribution in [1.29, 1.82) is 0 Å². The van der Waals surface area contributed by atoms with Crippen LogP contribution < -0.4 is 0 Å². The monoisotopic (exact) mass is 476 g/mol. The molecule has 35 heavy (non-hydrogen) atoms. The minimum atomic E-state index is -0.270.